The Morgan fingerprint density at radius 3 is 2.76 bits per heavy atom. The zero-order valence-electron chi connectivity index (χ0n) is 13.2. The number of nitrogens with one attached hydrogen (secondary N) is 1. The maximum absolute atomic E-state index is 5.84. The fourth-order valence-corrected chi connectivity index (χ4v) is 2.79. The zero-order valence-corrected chi connectivity index (χ0v) is 13.2. The average molecular weight is 289 g/mol. The molecule has 1 aliphatic rings. The molecular formula is C18H27NO2. The number of benzene rings is 1. The molecule has 0 aliphatic heterocycles. The van der Waals surface area contributed by atoms with Crippen LogP contribution < -0.4 is 14.8 Å². The molecule has 0 spiro atoms. The molecule has 0 saturated heterocycles. The molecule has 3 nitrogen and oxygen atoms in total. The topological polar surface area (TPSA) is 30.5 Å². The lowest BCUT2D eigenvalue weighted by atomic mass is 10.2. The van der Waals surface area contributed by atoms with Crippen molar-refractivity contribution in [1.82, 2.24) is 5.32 Å². The van der Waals surface area contributed by atoms with E-state index in [1.807, 2.05) is 25.1 Å². The van der Waals surface area contributed by atoms with Crippen molar-refractivity contribution in [3.8, 4) is 11.5 Å². The predicted octanol–water partition coefficient (Wildman–Crippen LogP) is 4.03. The molecule has 1 aliphatic carbocycles. The molecule has 1 saturated carbocycles. The first-order valence-corrected chi connectivity index (χ1v) is 8.00. The maximum Gasteiger partial charge on any atom is 0.161 e. The van der Waals surface area contributed by atoms with E-state index in [0.29, 0.717) is 0 Å². The van der Waals surface area contributed by atoms with Gasteiger partial charge in [0.15, 0.2) is 11.5 Å². The lowest BCUT2D eigenvalue weighted by Gasteiger charge is -2.13. The van der Waals surface area contributed by atoms with E-state index in [1.54, 1.807) is 7.11 Å². The van der Waals surface area contributed by atoms with Gasteiger partial charge in [-0.15, -0.1) is 0 Å². The highest BCUT2D eigenvalue weighted by atomic mass is 16.5. The molecule has 0 heterocycles. The van der Waals surface area contributed by atoms with Gasteiger partial charge in [-0.25, -0.2) is 0 Å². The van der Waals surface area contributed by atoms with Crippen LogP contribution in [0.1, 0.15) is 44.6 Å². The number of ether oxygens (including phenoxy) is 2. The molecule has 0 bridgehead atoms. The van der Waals surface area contributed by atoms with Crippen molar-refractivity contribution >= 4 is 6.08 Å². The van der Waals surface area contributed by atoms with Crippen LogP contribution in [-0.2, 0) is 0 Å². The molecule has 1 aromatic rings. The van der Waals surface area contributed by atoms with Crippen LogP contribution in [0.4, 0.5) is 0 Å². The summed E-state index contributed by atoms with van der Waals surface area (Å²) in [6, 6.07) is 6.78. The Morgan fingerprint density at radius 2 is 2.05 bits per heavy atom. The summed E-state index contributed by atoms with van der Waals surface area (Å²) in [5, 5.41) is 3.60. The Labute approximate surface area is 128 Å². The summed E-state index contributed by atoms with van der Waals surface area (Å²) < 4.78 is 11.2. The minimum Gasteiger partial charge on any atom is -0.493 e. The highest BCUT2D eigenvalue weighted by Crippen LogP contribution is 2.28. The van der Waals surface area contributed by atoms with Gasteiger partial charge in [0.1, 0.15) is 0 Å². The van der Waals surface area contributed by atoms with E-state index < -0.39 is 0 Å². The maximum atomic E-state index is 5.84. The van der Waals surface area contributed by atoms with Crippen molar-refractivity contribution in [1.29, 1.82) is 0 Å². The van der Waals surface area contributed by atoms with Crippen molar-refractivity contribution in [3.63, 3.8) is 0 Å². The minimum absolute atomic E-state index is 0.721. The van der Waals surface area contributed by atoms with E-state index in [0.717, 1.165) is 42.7 Å². The van der Waals surface area contributed by atoms with Crippen LogP contribution in [0, 0.1) is 0 Å². The first kappa shape index (κ1) is 15.9. The molecule has 0 radical (unpaired) electrons. The van der Waals surface area contributed by atoms with Crippen molar-refractivity contribution in [2.45, 2.75) is 45.1 Å². The van der Waals surface area contributed by atoms with Crippen LogP contribution in [0.15, 0.2) is 24.3 Å². The van der Waals surface area contributed by atoms with Gasteiger partial charge in [-0.3, -0.25) is 0 Å². The fraction of sp³-hybridized carbons (Fsp3) is 0.556. The quantitative estimate of drug-likeness (QED) is 0.733. The SMILES string of the molecule is CC=Cc1ccc(OCCCNC2CCCC2)c(OC)c1. The smallest absolute Gasteiger partial charge is 0.161 e. The number of hydrogen-bond acceptors (Lipinski definition) is 3. The Kier molecular flexibility index (Phi) is 6.61. The summed E-state index contributed by atoms with van der Waals surface area (Å²) in [4.78, 5) is 0. The molecule has 3 heteroatoms. The lowest BCUT2D eigenvalue weighted by molar-refractivity contribution is 0.285. The largest absolute Gasteiger partial charge is 0.493 e. The standard InChI is InChI=1S/C18H27NO2/c1-3-7-15-10-11-17(18(14-15)20-2)21-13-6-12-19-16-8-4-5-9-16/h3,7,10-11,14,16,19H,4-6,8-9,12-13H2,1-2H3. The van der Waals surface area contributed by atoms with Crippen molar-refractivity contribution in [2.75, 3.05) is 20.3 Å². The van der Waals surface area contributed by atoms with Gasteiger partial charge in [-0.05, 0) is 50.4 Å². The van der Waals surface area contributed by atoms with Gasteiger partial charge < -0.3 is 14.8 Å². The molecule has 0 atom stereocenters. The Balaban J connectivity index is 1.74. The first-order valence-electron chi connectivity index (χ1n) is 8.00. The fourth-order valence-electron chi connectivity index (χ4n) is 2.79. The Morgan fingerprint density at radius 1 is 1.24 bits per heavy atom. The molecule has 21 heavy (non-hydrogen) atoms. The van der Waals surface area contributed by atoms with E-state index in [-0.39, 0.29) is 0 Å². The summed E-state index contributed by atoms with van der Waals surface area (Å²) in [5.41, 5.74) is 1.13. The molecule has 2 rings (SSSR count). The van der Waals surface area contributed by atoms with Crippen molar-refractivity contribution in [3.05, 3.63) is 29.8 Å². The van der Waals surface area contributed by atoms with Crippen LogP contribution in [0.3, 0.4) is 0 Å². The van der Waals surface area contributed by atoms with E-state index in [9.17, 15) is 0 Å². The Hall–Kier alpha value is -1.48. The second-order valence-electron chi connectivity index (χ2n) is 5.55. The second-order valence-corrected chi connectivity index (χ2v) is 5.55. The third-order valence-electron chi connectivity index (χ3n) is 3.91. The highest BCUT2D eigenvalue weighted by molar-refractivity contribution is 5.55. The second kappa shape index (κ2) is 8.73. The third kappa shape index (κ3) is 5.09. The van der Waals surface area contributed by atoms with Gasteiger partial charge in [-0.1, -0.05) is 31.1 Å². The number of rotatable bonds is 8. The molecule has 1 fully saturated rings. The highest BCUT2D eigenvalue weighted by Gasteiger charge is 2.13. The van der Waals surface area contributed by atoms with Gasteiger partial charge in [-0.2, -0.15) is 0 Å². The van der Waals surface area contributed by atoms with Gasteiger partial charge in [0.05, 0.1) is 13.7 Å². The zero-order chi connectivity index (χ0) is 14.9. The van der Waals surface area contributed by atoms with Gasteiger partial charge in [0, 0.05) is 6.04 Å². The van der Waals surface area contributed by atoms with E-state index >= 15 is 0 Å². The lowest BCUT2D eigenvalue weighted by Crippen LogP contribution is -2.27. The molecule has 0 unspecified atom stereocenters. The molecule has 1 aromatic carbocycles. The number of allylic oxidation sites excluding steroid dienone is 1. The Bertz CT molecular complexity index is 451. The van der Waals surface area contributed by atoms with E-state index in [1.165, 1.54) is 25.7 Å². The van der Waals surface area contributed by atoms with E-state index in [4.69, 9.17) is 9.47 Å². The van der Waals surface area contributed by atoms with Crippen LogP contribution in [0.25, 0.3) is 6.08 Å². The molecular weight excluding hydrogens is 262 g/mol. The predicted molar refractivity (Wildman–Crippen MR) is 88.1 cm³/mol. The molecule has 0 aromatic heterocycles. The normalized spacial score (nSPS) is 15.7. The van der Waals surface area contributed by atoms with E-state index in [2.05, 4.69) is 17.5 Å². The van der Waals surface area contributed by atoms with Gasteiger partial charge >= 0.3 is 0 Å². The summed E-state index contributed by atoms with van der Waals surface area (Å²) in [6.07, 6.45) is 10.5. The summed E-state index contributed by atoms with van der Waals surface area (Å²) in [6.45, 7) is 3.76. The summed E-state index contributed by atoms with van der Waals surface area (Å²) in [7, 11) is 1.68. The average Bonchev–Trinajstić information content (AvgIpc) is 3.01. The van der Waals surface area contributed by atoms with Crippen molar-refractivity contribution in [2.24, 2.45) is 0 Å². The van der Waals surface area contributed by atoms with Gasteiger partial charge in [0.25, 0.3) is 0 Å². The van der Waals surface area contributed by atoms with Crippen LogP contribution >= 0.6 is 0 Å². The summed E-state index contributed by atoms with van der Waals surface area (Å²) in [5.74, 6) is 1.63. The van der Waals surface area contributed by atoms with Crippen molar-refractivity contribution < 1.29 is 9.47 Å². The van der Waals surface area contributed by atoms with Crippen LogP contribution in [-0.4, -0.2) is 26.3 Å². The van der Waals surface area contributed by atoms with Crippen LogP contribution in [0.2, 0.25) is 0 Å². The summed E-state index contributed by atoms with van der Waals surface area (Å²) >= 11 is 0. The third-order valence-corrected chi connectivity index (χ3v) is 3.91. The first-order chi connectivity index (χ1) is 10.3. The number of hydrogen-bond donors (Lipinski definition) is 1. The van der Waals surface area contributed by atoms with Crippen LogP contribution in [0.5, 0.6) is 11.5 Å². The molecule has 0 amide bonds. The molecule has 1 N–H and O–H groups in total. The number of methoxy groups -OCH3 is 1. The monoisotopic (exact) mass is 289 g/mol. The molecule has 116 valence electrons. The van der Waals surface area contributed by atoms with Gasteiger partial charge in [0.2, 0.25) is 0 Å². The minimum atomic E-state index is 0.721.